The van der Waals surface area contributed by atoms with E-state index in [1.807, 2.05) is 10.6 Å². The zero-order valence-corrected chi connectivity index (χ0v) is 22.3. The number of allylic oxidation sites excluding steroid dienone is 1. The Morgan fingerprint density at radius 2 is 1.81 bits per heavy atom. The van der Waals surface area contributed by atoms with Gasteiger partial charge in [0.2, 0.25) is 0 Å². The number of phenols is 1. The van der Waals surface area contributed by atoms with Crippen LogP contribution in [0.2, 0.25) is 10.0 Å². The number of fused-ring (bicyclic) bond motifs is 3. The molecule has 6 rings (SSSR count). The van der Waals surface area contributed by atoms with Gasteiger partial charge in [0.15, 0.2) is 10.6 Å². The van der Waals surface area contributed by atoms with Crippen LogP contribution in [-0.4, -0.2) is 15.9 Å². The number of benzene rings is 3. The third-order valence-electron chi connectivity index (χ3n) is 6.64. The van der Waals surface area contributed by atoms with Crippen LogP contribution in [0.1, 0.15) is 34.7 Å². The SMILES string of the molecule is CSc1ccc(C2C3=C(N=c4sc(=Cc5cc(Cl)c(O)c(Cl)c5)c(=O)n42)c2ccccc2CC3)cc1. The minimum Gasteiger partial charge on any atom is -0.505 e. The van der Waals surface area contributed by atoms with E-state index in [-0.39, 0.29) is 27.4 Å². The highest BCUT2D eigenvalue weighted by Gasteiger charge is 2.32. The summed E-state index contributed by atoms with van der Waals surface area (Å²) in [6, 6.07) is 19.8. The lowest BCUT2D eigenvalue weighted by Crippen LogP contribution is -2.38. The number of aromatic nitrogens is 1. The smallest absolute Gasteiger partial charge is 0.271 e. The van der Waals surface area contributed by atoms with Crippen molar-refractivity contribution >= 4 is 58.1 Å². The Bertz CT molecular complexity index is 1710. The van der Waals surface area contributed by atoms with Gasteiger partial charge in [-0.1, -0.05) is 70.9 Å². The van der Waals surface area contributed by atoms with Crippen LogP contribution in [0.5, 0.6) is 5.75 Å². The first-order valence-electron chi connectivity index (χ1n) is 11.4. The Morgan fingerprint density at radius 3 is 2.53 bits per heavy atom. The number of aromatic hydroxyl groups is 1. The third kappa shape index (κ3) is 3.93. The number of aryl methyl sites for hydroxylation is 1. The number of rotatable bonds is 3. The highest BCUT2D eigenvalue weighted by molar-refractivity contribution is 7.98. The summed E-state index contributed by atoms with van der Waals surface area (Å²) in [6.07, 6.45) is 5.57. The second-order valence-electron chi connectivity index (χ2n) is 8.72. The van der Waals surface area contributed by atoms with E-state index in [1.54, 1.807) is 30.0 Å². The minimum atomic E-state index is -0.227. The van der Waals surface area contributed by atoms with Gasteiger partial charge in [-0.3, -0.25) is 9.36 Å². The highest BCUT2D eigenvalue weighted by atomic mass is 35.5. The average molecular weight is 552 g/mol. The van der Waals surface area contributed by atoms with Gasteiger partial charge in [0, 0.05) is 10.5 Å². The summed E-state index contributed by atoms with van der Waals surface area (Å²) >= 11 is 15.3. The molecule has 8 heteroatoms. The molecule has 1 N–H and O–H groups in total. The van der Waals surface area contributed by atoms with Crippen LogP contribution < -0.4 is 14.9 Å². The van der Waals surface area contributed by atoms with E-state index in [9.17, 15) is 9.90 Å². The van der Waals surface area contributed by atoms with Crippen molar-refractivity contribution in [3.8, 4) is 5.75 Å². The summed E-state index contributed by atoms with van der Waals surface area (Å²) in [6.45, 7) is 0. The van der Waals surface area contributed by atoms with E-state index in [1.165, 1.54) is 27.4 Å². The molecule has 0 saturated heterocycles. The fraction of sp³-hybridized carbons (Fsp3) is 0.143. The number of thiazole rings is 1. The maximum atomic E-state index is 13.8. The van der Waals surface area contributed by atoms with Crippen molar-refractivity contribution in [2.24, 2.45) is 4.99 Å². The molecule has 0 spiro atoms. The predicted octanol–water partition coefficient (Wildman–Crippen LogP) is 6.05. The maximum absolute atomic E-state index is 13.8. The maximum Gasteiger partial charge on any atom is 0.271 e. The van der Waals surface area contributed by atoms with Crippen molar-refractivity contribution in [1.82, 2.24) is 4.57 Å². The lowest BCUT2D eigenvalue weighted by atomic mass is 9.83. The summed E-state index contributed by atoms with van der Waals surface area (Å²) < 4.78 is 2.35. The lowest BCUT2D eigenvalue weighted by Gasteiger charge is -2.30. The zero-order chi connectivity index (χ0) is 25.0. The molecule has 1 atom stereocenters. The zero-order valence-electron chi connectivity index (χ0n) is 19.2. The van der Waals surface area contributed by atoms with Gasteiger partial charge >= 0.3 is 0 Å². The Kier molecular flexibility index (Phi) is 6.08. The van der Waals surface area contributed by atoms with Crippen LogP contribution in [0.4, 0.5) is 0 Å². The van der Waals surface area contributed by atoms with Crippen molar-refractivity contribution in [1.29, 1.82) is 0 Å². The van der Waals surface area contributed by atoms with Crippen molar-refractivity contribution in [3.63, 3.8) is 0 Å². The van der Waals surface area contributed by atoms with Crippen LogP contribution in [0.3, 0.4) is 0 Å². The molecule has 4 nitrogen and oxygen atoms in total. The molecule has 1 aromatic heterocycles. The van der Waals surface area contributed by atoms with Gasteiger partial charge in [0.1, 0.15) is 0 Å². The van der Waals surface area contributed by atoms with Crippen molar-refractivity contribution in [3.05, 3.63) is 118 Å². The van der Waals surface area contributed by atoms with Gasteiger partial charge < -0.3 is 5.11 Å². The molecule has 4 aromatic rings. The average Bonchev–Trinajstić information content (AvgIpc) is 3.20. The number of hydrogen-bond donors (Lipinski definition) is 1. The van der Waals surface area contributed by atoms with Crippen LogP contribution >= 0.6 is 46.3 Å². The molecule has 1 aliphatic carbocycles. The van der Waals surface area contributed by atoms with Gasteiger partial charge in [0.25, 0.3) is 5.56 Å². The molecule has 180 valence electrons. The molecular weight excluding hydrogens is 531 g/mol. The summed E-state index contributed by atoms with van der Waals surface area (Å²) in [4.78, 5) is 20.7. The molecule has 0 amide bonds. The first kappa shape index (κ1) is 23.6. The van der Waals surface area contributed by atoms with Gasteiger partial charge in [0.05, 0.1) is 26.3 Å². The first-order chi connectivity index (χ1) is 17.4. The summed E-state index contributed by atoms with van der Waals surface area (Å²) in [5.74, 6) is -0.169. The fourth-order valence-corrected chi connectivity index (χ4v) is 6.84. The molecule has 36 heavy (non-hydrogen) atoms. The molecule has 2 heterocycles. The Balaban J connectivity index is 1.60. The summed E-state index contributed by atoms with van der Waals surface area (Å²) in [7, 11) is 0. The highest BCUT2D eigenvalue weighted by Crippen LogP contribution is 2.41. The monoisotopic (exact) mass is 550 g/mol. The van der Waals surface area contributed by atoms with Crippen molar-refractivity contribution < 1.29 is 5.11 Å². The summed E-state index contributed by atoms with van der Waals surface area (Å²) in [5, 5.41) is 10.2. The van der Waals surface area contributed by atoms with E-state index in [0.29, 0.717) is 14.9 Å². The number of hydrogen-bond acceptors (Lipinski definition) is 5. The Hall–Kier alpha value is -2.77. The van der Waals surface area contributed by atoms with E-state index in [4.69, 9.17) is 28.2 Å². The number of nitrogens with zero attached hydrogens (tertiary/aromatic N) is 2. The molecule has 0 saturated carbocycles. The second kappa shape index (κ2) is 9.27. The van der Waals surface area contributed by atoms with E-state index in [2.05, 4.69) is 48.7 Å². The van der Waals surface area contributed by atoms with E-state index in [0.717, 1.165) is 29.7 Å². The van der Waals surface area contributed by atoms with Crippen LogP contribution in [-0.2, 0) is 6.42 Å². The van der Waals surface area contributed by atoms with Gasteiger partial charge in [-0.05, 0) is 71.7 Å². The molecule has 1 unspecified atom stereocenters. The predicted molar refractivity (Wildman–Crippen MR) is 149 cm³/mol. The number of halogens is 2. The number of phenolic OH excluding ortho intramolecular Hbond substituents is 1. The molecular formula is C28H20Cl2N2O2S2. The topological polar surface area (TPSA) is 54.6 Å². The minimum absolute atomic E-state index is 0.108. The van der Waals surface area contributed by atoms with Crippen LogP contribution in [0.25, 0.3) is 11.8 Å². The molecule has 2 aliphatic rings. The number of thioether (sulfide) groups is 1. The molecule has 0 fully saturated rings. The second-order valence-corrected chi connectivity index (χ2v) is 11.4. The van der Waals surface area contributed by atoms with Crippen LogP contribution in [0.15, 0.2) is 80.9 Å². The third-order valence-corrected chi connectivity index (χ3v) is 8.94. The fourth-order valence-electron chi connectivity index (χ4n) is 4.93. The lowest BCUT2D eigenvalue weighted by molar-refractivity contribution is 0.476. The normalized spacial score (nSPS) is 16.9. The van der Waals surface area contributed by atoms with E-state index < -0.39 is 0 Å². The van der Waals surface area contributed by atoms with E-state index >= 15 is 0 Å². The standard InChI is InChI=1S/C28H20Cl2N2O2S2/c1-35-18-9-6-17(7-10-18)25-20-11-8-16-4-2-3-5-19(16)24(20)31-28-32(25)27(34)23(36-28)14-15-12-21(29)26(33)22(30)13-15/h2-7,9-10,12-14,25,33H,8,11H2,1H3. The molecule has 0 radical (unpaired) electrons. The Morgan fingerprint density at radius 1 is 1.08 bits per heavy atom. The Labute approximate surface area is 225 Å². The molecule has 0 bridgehead atoms. The van der Waals surface area contributed by atoms with Crippen LogP contribution in [0, 0.1) is 0 Å². The van der Waals surface area contributed by atoms with Gasteiger partial charge in [-0.2, -0.15) is 0 Å². The van der Waals surface area contributed by atoms with Crippen molar-refractivity contribution in [2.75, 3.05) is 6.26 Å². The quantitative estimate of drug-likeness (QED) is 0.316. The largest absolute Gasteiger partial charge is 0.505 e. The first-order valence-corrected chi connectivity index (χ1v) is 14.2. The van der Waals surface area contributed by atoms with Gasteiger partial charge in [-0.15, -0.1) is 11.8 Å². The summed E-state index contributed by atoms with van der Waals surface area (Å²) in [5.41, 5.74) is 6.16. The van der Waals surface area contributed by atoms with Crippen molar-refractivity contribution in [2.45, 2.75) is 23.8 Å². The molecule has 1 aliphatic heterocycles. The van der Waals surface area contributed by atoms with Gasteiger partial charge in [-0.25, -0.2) is 4.99 Å². The molecule has 3 aromatic carbocycles.